The van der Waals surface area contributed by atoms with Gasteiger partial charge < -0.3 is 9.84 Å². The fourth-order valence-electron chi connectivity index (χ4n) is 0.254. The molecule has 9 heavy (non-hydrogen) atoms. The highest BCUT2D eigenvalue weighted by atomic mass is 16.5. The highest BCUT2D eigenvalue weighted by molar-refractivity contribution is 6.73. The summed E-state index contributed by atoms with van der Waals surface area (Å²) in [6.45, 7) is 0. The van der Waals surface area contributed by atoms with E-state index in [9.17, 15) is 9.59 Å². The van der Waals surface area contributed by atoms with Crippen molar-refractivity contribution in [2.24, 2.45) is 0 Å². The first-order valence-electron chi connectivity index (χ1n) is 2.29. The van der Waals surface area contributed by atoms with E-state index in [1.807, 2.05) is 0 Å². The summed E-state index contributed by atoms with van der Waals surface area (Å²) < 4.78 is 4.17. The normalized spacial score (nSPS) is 8.11. The van der Waals surface area contributed by atoms with E-state index in [2.05, 4.69) is 4.74 Å². The third-order valence-electron chi connectivity index (χ3n) is 0.671. The molecule has 0 spiro atoms. The summed E-state index contributed by atoms with van der Waals surface area (Å²) in [6.07, 6.45) is -0.175. The highest BCUT2D eigenvalue weighted by Crippen LogP contribution is 1.82. The van der Waals surface area contributed by atoms with Crippen LogP contribution in [0.3, 0.4) is 0 Å². The van der Waals surface area contributed by atoms with Gasteiger partial charge in [-0.2, -0.15) is 0 Å². The first kappa shape index (κ1) is 8.00. The summed E-state index contributed by atoms with van der Waals surface area (Å²) in [5.74, 6) is -1.65. The zero-order valence-electron chi connectivity index (χ0n) is 4.96. The van der Waals surface area contributed by atoms with Gasteiger partial charge in [-0.05, 0) is 0 Å². The smallest absolute Gasteiger partial charge is 0.298 e. The molecule has 1 N–H and O–H groups in total. The van der Waals surface area contributed by atoms with Crippen LogP contribution in [0.4, 0.5) is 4.79 Å². The summed E-state index contributed by atoms with van der Waals surface area (Å²) in [5.41, 5.74) is 0. The molecule has 49 valence electrons. The number of carbonyl (C=O) groups excluding carboxylic acids is 1. The molecule has 0 aromatic carbocycles. The molecule has 1 radical (unpaired) electrons. The van der Waals surface area contributed by atoms with Gasteiger partial charge in [0.15, 0.2) is 0 Å². The van der Waals surface area contributed by atoms with Crippen LogP contribution in [0.5, 0.6) is 0 Å². The van der Waals surface area contributed by atoms with Crippen LogP contribution in [0.2, 0.25) is 6.32 Å². The van der Waals surface area contributed by atoms with Gasteiger partial charge in [-0.3, -0.25) is 9.59 Å². The second kappa shape index (κ2) is 3.94. The summed E-state index contributed by atoms with van der Waals surface area (Å²) in [6, 6.07) is 0. The topological polar surface area (TPSA) is 63.6 Å². The quantitative estimate of drug-likeness (QED) is 0.428. The highest BCUT2D eigenvalue weighted by Gasteiger charge is 2.05. The van der Waals surface area contributed by atoms with Crippen LogP contribution in [0.25, 0.3) is 0 Å². The van der Waals surface area contributed by atoms with Crippen molar-refractivity contribution in [3.63, 3.8) is 0 Å². The van der Waals surface area contributed by atoms with Crippen molar-refractivity contribution in [1.29, 1.82) is 0 Å². The average molecular weight is 129 g/mol. The number of hydrogen-bond donors (Lipinski definition) is 1. The molecule has 0 saturated heterocycles. The Balaban J connectivity index is 3.28. The maximum atomic E-state index is 10.2. The summed E-state index contributed by atoms with van der Waals surface area (Å²) in [5, 5.41) is 7.99. The number of hydrogen-bond acceptors (Lipinski definition) is 3. The van der Waals surface area contributed by atoms with Crippen molar-refractivity contribution >= 4 is 19.1 Å². The van der Waals surface area contributed by atoms with Gasteiger partial charge in [0.1, 0.15) is 0 Å². The van der Waals surface area contributed by atoms with Crippen LogP contribution in [0.15, 0.2) is 0 Å². The van der Waals surface area contributed by atoms with Gasteiger partial charge in [-0.25, -0.2) is 0 Å². The lowest BCUT2D eigenvalue weighted by Crippen LogP contribution is -2.11. The predicted molar refractivity (Wildman–Crippen MR) is 30.6 cm³/mol. The summed E-state index contributed by atoms with van der Waals surface area (Å²) in [4.78, 5) is 20.0. The standard InChI is InChI=1S/C4H6BO4/c1-9-3(6)2-5-4(7)8/h2H2,1H3,(H,7,8). The molecule has 0 heterocycles. The number of carbonyl (C=O) groups is 2. The van der Waals surface area contributed by atoms with Crippen molar-refractivity contribution < 1.29 is 19.4 Å². The molecule has 0 fully saturated rings. The van der Waals surface area contributed by atoms with Crippen LogP contribution in [-0.2, 0) is 9.53 Å². The molecule has 0 aromatic heterocycles. The van der Waals surface area contributed by atoms with Gasteiger partial charge in [-0.15, -0.1) is 0 Å². The molecular weight excluding hydrogens is 123 g/mol. The van der Waals surface area contributed by atoms with Gasteiger partial charge >= 0.3 is 0 Å². The molecule has 0 aliphatic carbocycles. The lowest BCUT2D eigenvalue weighted by molar-refractivity contribution is -0.137. The minimum atomic E-state index is -1.11. The molecule has 4 nitrogen and oxygen atoms in total. The molecule has 0 saturated carbocycles. The molecule has 0 atom stereocenters. The number of carboxylic acid groups (broad SMARTS) is 1. The number of esters is 1. The monoisotopic (exact) mass is 129 g/mol. The molecule has 0 aliphatic rings. The Kier molecular flexibility index (Phi) is 3.51. The van der Waals surface area contributed by atoms with E-state index >= 15 is 0 Å². The molecule has 0 bridgehead atoms. The van der Waals surface area contributed by atoms with E-state index in [1.165, 1.54) is 7.11 Å². The Bertz CT molecular complexity index is 122. The molecule has 0 amide bonds. The lowest BCUT2D eigenvalue weighted by atomic mass is 9.75. The van der Waals surface area contributed by atoms with Crippen molar-refractivity contribution in [2.75, 3.05) is 7.11 Å². The van der Waals surface area contributed by atoms with E-state index in [4.69, 9.17) is 5.11 Å². The Morgan fingerprint density at radius 3 is 2.56 bits per heavy atom. The average Bonchev–Trinajstić information content (AvgIpc) is 1.83. The van der Waals surface area contributed by atoms with Crippen LogP contribution < -0.4 is 0 Å². The number of ether oxygens (including phenoxy) is 1. The molecule has 5 heteroatoms. The molecule has 0 aromatic rings. The first-order valence-corrected chi connectivity index (χ1v) is 2.29. The maximum absolute atomic E-state index is 10.2. The number of methoxy groups -OCH3 is 1. The Morgan fingerprint density at radius 2 is 2.22 bits per heavy atom. The van der Waals surface area contributed by atoms with Crippen molar-refractivity contribution in [2.45, 2.75) is 6.32 Å². The van der Waals surface area contributed by atoms with Gasteiger partial charge in [-0.1, -0.05) is 0 Å². The molecule has 0 unspecified atom stereocenters. The predicted octanol–water partition coefficient (Wildman–Crippen LogP) is -0.0401. The Morgan fingerprint density at radius 1 is 1.67 bits per heavy atom. The van der Waals surface area contributed by atoms with Crippen LogP contribution in [-0.4, -0.2) is 31.3 Å². The second-order valence-corrected chi connectivity index (χ2v) is 1.32. The van der Waals surface area contributed by atoms with E-state index in [-0.39, 0.29) is 6.32 Å². The molecule has 0 rings (SSSR count). The van der Waals surface area contributed by atoms with Crippen molar-refractivity contribution in [3.8, 4) is 0 Å². The lowest BCUT2D eigenvalue weighted by Gasteiger charge is -1.91. The fraction of sp³-hybridized carbons (Fsp3) is 0.500. The first-order chi connectivity index (χ1) is 4.16. The van der Waals surface area contributed by atoms with E-state index in [0.717, 1.165) is 7.28 Å². The maximum Gasteiger partial charge on any atom is 0.298 e. The molecular formula is C4H6BO4. The Labute approximate surface area is 53.1 Å². The minimum Gasteiger partial charge on any atom is -0.490 e. The van der Waals surface area contributed by atoms with E-state index < -0.39 is 11.8 Å². The van der Waals surface area contributed by atoms with Gasteiger partial charge in [0.2, 0.25) is 5.87 Å². The van der Waals surface area contributed by atoms with Crippen LogP contribution in [0, 0.1) is 0 Å². The van der Waals surface area contributed by atoms with E-state index in [0.29, 0.717) is 0 Å². The summed E-state index contributed by atoms with van der Waals surface area (Å²) >= 11 is 0. The SMILES string of the molecule is COC(=O)C[B]C(=O)O. The van der Waals surface area contributed by atoms with Gasteiger partial charge in [0.25, 0.3) is 13.2 Å². The third-order valence-corrected chi connectivity index (χ3v) is 0.671. The third kappa shape index (κ3) is 4.87. The van der Waals surface area contributed by atoms with Gasteiger partial charge in [0, 0.05) is 6.32 Å². The minimum absolute atomic E-state index is 0.175. The van der Waals surface area contributed by atoms with Crippen molar-refractivity contribution in [3.05, 3.63) is 0 Å². The van der Waals surface area contributed by atoms with Gasteiger partial charge in [0.05, 0.1) is 7.11 Å². The Hall–Kier alpha value is -0.995. The fourth-order valence-corrected chi connectivity index (χ4v) is 0.254. The van der Waals surface area contributed by atoms with Crippen LogP contribution in [0.1, 0.15) is 0 Å². The molecule has 0 aliphatic heterocycles. The van der Waals surface area contributed by atoms with E-state index in [1.54, 1.807) is 0 Å². The zero-order chi connectivity index (χ0) is 7.28. The zero-order valence-corrected chi connectivity index (χ0v) is 4.96. The summed E-state index contributed by atoms with van der Waals surface area (Å²) in [7, 11) is 2.05. The second-order valence-electron chi connectivity index (χ2n) is 1.32. The number of rotatable bonds is 3. The largest absolute Gasteiger partial charge is 0.490 e. The van der Waals surface area contributed by atoms with Crippen LogP contribution >= 0.6 is 0 Å². The van der Waals surface area contributed by atoms with Crippen molar-refractivity contribution in [1.82, 2.24) is 0 Å².